The molecule has 0 aliphatic carbocycles. The molecule has 5 aromatic rings. The number of phenolic OH excluding ortho intramolecular Hbond substituents is 1. The Hall–Kier alpha value is -4.71. The minimum absolute atomic E-state index is 0.0529. The summed E-state index contributed by atoms with van der Waals surface area (Å²) in [6, 6.07) is 31.0. The van der Waals surface area contributed by atoms with Crippen LogP contribution < -0.4 is 14.2 Å². The molecule has 5 rings (SSSR count). The van der Waals surface area contributed by atoms with E-state index in [9.17, 15) is 5.11 Å². The van der Waals surface area contributed by atoms with Crippen molar-refractivity contribution in [2.45, 2.75) is 0 Å². The molecule has 0 radical (unpaired) electrons. The van der Waals surface area contributed by atoms with Gasteiger partial charge in [0.1, 0.15) is 17.3 Å². The van der Waals surface area contributed by atoms with Crippen molar-refractivity contribution in [3.63, 3.8) is 0 Å². The van der Waals surface area contributed by atoms with Crippen LogP contribution in [0.4, 0.5) is 0 Å². The number of methoxy groups -OCH3 is 2. The summed E-state index contributed by atoms with van der Waals surface area (Å²) in [7, 11) is 3.00. The second kappa shape index (κ2) is 9.65. The standard InChI is InChI=1S/C29H24N2O4/c1-33-24-17-21(18-25(34-2)28(24)32)29-30-26(19-9-5-3-6-10-19)27(31-29)20-13-15-23(16-14-20)35-22-11-7-4-8-12-22/h3-18,32H,1-2H3,(H,30,31). The third-order valence-electron chi connectivity index (χ3n) is 5.63. The Balaban J connectivity index is 1.57. The summed E-state index contributed by atoms with van der Waals surface area (Å²) < 4.78 is 16.6. The molecule has 0 aliphatic rings. The molecule has 0 amide bonds. The lowest BCUT2D eigenvalue weighted by Crippen LogP contribution is -1.91. The summed E-state index contributed by atoms with van der Waals surface area (Å²) in [5, 5.41) is 10.3. The van der Waals surface area contributed by atoms with Crippen LogP contribution in [-0.2, 0) is 0 Å². The fraction of sp³-hybridized carbons (Fsp3) is 0.0690. The van der Waals surface area contributed by atoms with Crippen molar-refractivity contribution < 1.29 is 19.3 Å². The smallest absolute Gasteiger partial charge is 0.200 e. The van der Waals surface area contributed by atoms with Crippen LogP contribution in [0.1, 0.15) is 0 Å². The average Bonchev–Trinajstić information content (AvgIpc) is 3.36. The number of para-hydroxylation sites is 1. The maximum Gasteiger partial charge on any atom is 0.200 e. The van der Waals surface area contributed by atoms with Gasteiger partial charge in [0.15, 0.2) is 11.5 Å². The van der Waals surface area contributed by atoms with Crippen LogP contribution in [0.5, 0.6) is 28.7 Å². The van der Waals surface area contributed by atoms with Crippen LogP contribution in [-0.4, -0.2) is 29.3 Å². The predicted octanol–water partition coefficient (Wildman–Crippen LogP) is 6.93. The first-order valence-corrected chi connectivity index (χ1v) is 11.1. The first kappa shape index (κ1) is 22.1. The lowest BCUT2D eigenvalue weighted by atomic mass is 10.1. The zero-order valence-corrected chi connectivity index (χ0v) is 19.4. The normalized spacial score (nSPS) is 10.7. The summed E-state index contributed by atoms with van der Waals surface area (Å²) in [6.45, 7) is 0. The molecule has 0 spiro atoms. The van der Waals surface area contributed by atoms with E-state index in [2.05, 4.69) is 4.98 Å². The molecule has 0 unspecified atom stereocenters. The van der Waals surface area contributed by atoms with Gasteiger partial charge in [0.2, 0.25) is 5.75 Å². The molecule has 6 nitrogen and oxygen atoms in total. The molecule has 0 atom stereocenters. The lowest BCUT2D eigenvalue weighted by molar-refractivity contribution is 0.340. The fourth-order valence-electron chi connectivity index (χ4n) is 3.87. The van der Waals surface area contributed by atoms with Crippen LogP contribution in [0, 0.1) is 0 Å². The molecule has 0 saturated carbocycles. The molecule has 1 aromatic heterocycles. The van der Waals surface area contributed by atoms with Crippen molar-refractivity contribution in [3.05, 3.63) is 97.1 Å². The van der Waals surface area contributed by atoms with E-state index in [-0.39, 0.29) is 5.75 Å². The number of benzene rings is 4. The van der Waals surface area contributed by atoms with Crippen molar-refractivity contribution in [1.82, 2.24) is 9.97 Å². The summed E-state index contributed by atoms with van der Waals surface area (Å²) in [6.07, 6.45) is 0. The molecule has 0 aliphatic heterocycles. The number of hydrogen-bond donors (Lipinski definition) is 2. The van der Waals surface area contributed by atoms with E-state index in [1.807, 2.05) is 84.9 Å². The number of H-pyrrole nitrogens is 1. The van der Waals surface area contributed by atoms with Gasteiger partial charge in [-0.15, -0.1) is 0 Å². The lowest BCUT2D eigenvalue weighted by Gasteiger charge is -2.10. The van der Waals surface area contributed by atoms with Gasteiger partial charge in [-0.1, -0.05) is 48.5 Å². The highest BCUT2D eigenvalue weighted by Gasteiger charge is 2.18. The van der Waals surface area contributed by atoms with Gasteiger partial charge in [0, 0.05) is 16.7 Å². The zero-order valence-electron chi connectivity index (χ0n) is 19.4. The highest BCUT2D eigenvalue weighted by molar-refractivity contribution is 5.82. The van der Waals surface area contributed by atoms with Crippen molar-refractivity contribution in [2.24, 2.45) is 0 Å². The molecule has 174 valence electrons. The summed E-state index contributed by atoms with van der Waals surface area (Å²) >= 11 is 0. The monoisotopic (exact) mass is 464 g/mol. The second-order valence-corrected chi connectivity index (χ2v) is 7.84. The predicted molar refractivity (Wildman–Crippen MR) is 136 cm³/mol. The minimum Gasteiger partial charge on any atom is -0.502 e. The molecule has 6 heteroatoms. The Morgan fingerprint density at radius 3 is 1.83 bits per heavy atom. The van der Waals surface area contributed by atoms with Gasteiger partial charge >= 0.3 is 0 Å². The number of aromatic amines is 1. The number of imidazole rings is 1. The Morgan fingerprint density at radius 2 is 1.23 bits per heavy atom. The molecule has 4 aromatic carbocycles. The van der Waals surface area contributed by atoms with Crippen LogP contribution in [0.2, 0.25) is 0 Å². The maximum absolute atomic E-state index is 10.3. The molecule has 2 N–H and O–H groups in total. The van der Waals surface area contributed by atoms with Gasteiger partial charge in [0.25, 0.3) is 0 Å². The molecule has 0 bridgehead atoms. The van der Waals surface area contributed by atoms with Crippen molar-refractivity contribution in [1.29, 1.82) is 0 Å². The molecular weight excluding hydrogens is 440 g/mol. The Bertz CT molecular complexity index is 1400. The first-order chi connectivity index (χ1) is 17.2. The molecule has 35 heavy (non-hydrogen) atoms. The third kappa shape index (κ3) is 4.54. The van der Waals surface area contributed by atoms with E-state index in [4.69, 9.17) is 19.2 Å². The Morgan fingerprint density at radius 1 is 0.657 bits per heavy atom. The number of ether oxygens (including phenoxy) is 3. The fourth-order valence-corrected chi connectivity index (χ4v) is 3.87. The average molecular weight is 465 g/mol. The van der Waals surface area contributed by atoms with Gasteiger partial charge in [0.05, 0.1) is 25.6 Å². The van der Waals surface area contributed by atoms with Crippen LogP contribution in [0.15, 0.2) is 97.1 Å². The molecular formula is C29H24N2O4. The Labute approximate surface area is 203 Å². The van der Waals surface area contributed by atoms with Crippen LogP contribution in [0.3, 0.4) is 0 Å². The molecule has 1 heterocycles. The number of aromatic nitrogens is 2. The number of phenols is 1. The van der Waals surface area contributed by atoms with Gasteiger partial charge in [-0.25, -0.2) is 4.98 Å². The second-order valence-electron chi connectivity index (χ2n) is 7.84. The van der Waals surface area contributed by atoms with E-state index in [0.29, 0.717) is 17.3 Å². The molecule has 0 fully saturated rings. The quantitative estimate of drug-likeness (QED) is 0.273. The summed E-state index contributed by atoms with van der Waals surface area (Å²) in [5.74, 6) is 2.71. The number of nitrogens with zero attached hydrogens (tertiary/aromatic N) is 1. The number of rotatable bonds is 7. The van der Waals surface area contributed by atoms with Crippen molar-refractivity contribution in [3.8, 4) is 62.7 Å². The SMILES string of the molecule is COc1cc(-c2nc(-c3ccccc3)c(-c3ccc(Oc4ccccc4)cc3)[nH]2)cc(OC)c1O. The third-order valence-corrected chi connectivity index (χ3v) is 5.63. The topological polar surface area (TPSA) is 76.6 Å². The summed E-state index contributed by atoms with van der Waals surface area (Å²) in [5.41, 5.74) is 4.34. The van der Waals surface area contributed by atoms with E-state index in [1.54, 1.807) is 12.1 Å². The van der Waals surface area contributed by atoms with Gasteiger partial charge < -0.3 is 24.3 Å². The van der Waals surface area contributed by atoms with Gasteiger partial charge in [-0.05, 0) is 48.5 Å². The number of hydrogen-bond acceptors (Lipinski definition) is 5. The number of aromatic hydroxyl groups is 1. The van der Waals surface area contributed by atoms with Crippen molar-refractivity contribution in [2.75, 3.05) is 14.2 Å². The van der Waals surface area contributed by atoms with Gasteiger partial charge in [-0.3, -0.25) is 0 Å². The van der Waals surface area contributed by atoms with Crippen LogP contribution >= 0.6 is 0 Å². The summed E-state index contributed by atoms with van der Waals surface area (Å²) in [4.78, 5) is 8.38. The first-order valence-electron chi connectivity index (χ1n) is 11.1. The Kier molecular flexibility index (Phi) is 6.09. The zero-order chi connectivity index (χ0) is 24.2. The highest BCUT2D eigenvalue weighted by atomic mass is 16.5. The van der Waals surface area contributed by atoms with Crippen LogP contribution in [0.25, 0.3) is 33.9 Å². The van der Waals surface area contributed by atoms with E-state index >= 15 is 0 Å². The number of nitrogens with one attached hydrogen (secondary N) is 1. The van der Waals surface area contributed by atoms with Crippen molar-refractivity contribution >= 4 is 0 Å². The van der Waals surface area contributed by atoms with Gasteiger partial charge in [-0.2, -0.15) is 0 Å². The highest BCUT2D eigenvalue weighted by Crippen LogP contribution is 2.41. The van der Waals surface area contributed by atoms with E-state index in [0.717, 1.165) is 39.6 Å². The largest absolute Gasteiger partial charge is 0.502 e. The maximum atomic E-state index is 10.3. The van der Waals surface area contributed by atoms with E-state index in [1.165, 1.54) is 14.2 Å². The van der Waals surface area contributed by atoms with E-state index < -0.39 is 0 Å². The molecule has 0 saturated heterocycles. The minimum atomic E-state index is -0.0529.